The third kappa shape index (κ3) is 3.95. The van der Waals surface area contributed by atoms with Gasteiger partial charge in [-0.05, 0) is 61.7 Å². The minimum Gasteiger partial charge on any atom is -0.419 e. The fourth-order valence-electron chi connectivity index (χ4n) is 7.76. The van der Waals surface area contributed by atoms with Crippen LogP contribution in [0.1, 0.15) is 65.7 Å². The number of carbonyl (C=O) groups excluding carboxylic acids is 4. The molecule has 0 saturated heterocycles. The van der Waals surface area contributed by atoms with Crippen LogP contribution in [0.25, 0.3) is 0 Å². The average molecular weight is 507 g/mol. The number of esters is 1. The zero-order valence-electron chi connectivity index (χ0n) is 21.0. The van der Waals surface area contributed by atoms with E-state index in [1.165, 1.54) is 12.2 Å². The van der Waals surface area contributed by atoms with Crippen molar-refractivity contribution < 1.29 is 43.3 Å². The Morgan fingerprint density at radius 1 is 1.25 bits per heavy atom. The van der Waals surface area contributed by atoms with Crippen molar-refractivity contribution in [3.63, 3.8) is 0 Å². The van der Waals surface area contributed by atoms with Crippen molar-refractivity contribution in [2.45, 2.75) is 83.6 Å². The van der Waals surface area contributed by atoms with Crippen LogP contribution in [0.4, 0.5) is 9.18 Å². The molecule has 0 bridgehead atoms. The predicted molar refractivity (Wildman–Crippen MR) is 125 cm³/mol. The molecule has 0 aromatic rings. The van der Waals surface area contributed by atoms with Gasteiger partial charge in [-0.3, -0.25) is 14.4 Å². The van der Waals surface area contributed by atoms with Gasteiger partial charge in [0.25, 0.3) is 0 Å². The van der Waals surface area contributed by atoms with E-state index in [4.69, 9.17) is 9.47 Å². The molecule has 0 aromatic carbocycles. The zero-order chi connectivity index (χ0) is 26.5. The lowest BCUT2D eigenvalue weighted by molar-refractivity contribution is -0.187. The average Bonchev–Trinajstić information content (AvgIpc) is 3.10. The molecule has 2 N–H and O–H groups in total. The number of Topliss-reactive ketones (excluding diaryl/α,β-unsaturated/α-hetero) is 1. The van der Waals surface area contributed by atoms with E-state index < -0.39 is 59.1 Å². The van der Waals surface area contributed by atoms with Crippen LogP contribution in [-0.4, -0.2) is 58.4 Å². The van der Waals surface area contributed by atoms with E-state index in [0.29, 0.717) is 18.4 Å². The SMILES string of the molecule is CCCCC(=O)OC(=O)O[C@]1(C(=O)CO)CC[C@H]2[C@@H]3C[C@H](F)C4=CC(=O)C=C[C@]4(C)[C@H]3C(O)C[C@@]21C. The fourth-order valence-corrected chi connectivity index (χ4v) is 7.76. The predicted octanol–water partition coefficient (Wildman–Crippen LogP) is 3.38. The van der Waals surface area contributed by atoms with Gasteiger partial charge in [0.05, 0.1) is 6.10 Å². The summed E-state index contributed by atoms with van der Waals surface area (Å²) in [5.41, 5.74) is -3.44. The Morgan fingerprint density at radius 3 is 2.64 bits per heavy atom. The number of hydrogen-bond acceptors (Lipinski definition) is 8. The molecule has 0 heterocycles. The molecule has 0 amide bonds. The van der Waals surface area contributed by atoms with Gasteiger partial charge in [0.1, 0.15) is 12.8 Å². The maximum absolute atomic E-state index is 15.5. The number of halogens is 1. The Morgan fingerprint density at radius 2 is 1.97 bits per heavy atom. The molecular formula is C27H35FO8. The van der Waals surface area contributed by atoms with Crippen molar-refractivity contribution in [2.75, 3.05) is 6.61 Å². The Labute approximate surface area is 209 Å². The van der Waals surface area contributed by atoms with Crippen LogP contribution >= 0.6 is 0 Å². The molecule has 8 nitrogen and oxygen atoms in total. The maximum atomic E-state index is 15.5. The van der Waals surface area contributed by atoms with E-state index in [9.17, 15) is 29.4 Å². The highest BCUT2D eigenvalue weighted by molar-refractivity contribution is 6.01. The largest absolute Gasteiger partial charge is 0.517 e. The highest BCUT2D eigenvalue weighted by Crippen LogP contribution is 2.68. The summed E-state index contributed by atoms with van der Waals surface area (Å²) in [6, 6.07) is 0. The number of ether oxygens (including phenoxy) is 2. The Bertz CT molecular complexity index is 1020. The van der Waals surface area contributed by atoms with Crippen LogP contribution in [0, 0.1) is 28.6 Å². The maximum Gasteiger partial charge on any atom is 0.517 e. The number of hydrogen-bond donors (Lipinski definition) is 2. The monoisotopic (exact) mass is 506 g/mol. The van der Waals surface area contributed by atoms with E-state index in [1.54, 1.807) is 13.0 Å². The molecule has 4 aliphatic carbocycles. The lowest BCUT2D eigenvalue weighted by Crippen LogP contribution is -2.63. The normalized spacial score (nSPS) is 41.0. The molecule has 3 fully saturated rings. The molecule has 0 aliphatic heterocycles. The van der Waals surface area contributed by atoms with Crippen LogP contribution in [0.5, 0.6) is 0 Å². The second-order valence-electron chi connectivity index (χ2n) is 11.2. The lowest BCUT2D eigenvalue weighted by Gasteiger charge is -2.60. The minimum atomic E-state index is -1.82. The number of ketones is 2. The smallest absolute Gasteiger partial charge is 0.419 e. The van der Waals surface area contributed by atoms with Crippen molar-refractivity contribution in [3.05, 3.63) is 23.8 Å². The van der Waals surface area contributed by atoms with Gasteiger partial charge in [0.15, 0.2) is 11.4 Å². The number of rotatable bonds is 6. The van der Waals surface area contributed by atoms with Crippen molar-refractivity contribution in [1.82, 2.24) is 0 Å². The van der Waals surface area contributed by atoms with Gasteiger partial charge in [0, 0.05) is 23.2 Å². The van der Waals surface area contributed by atoms with Crippen LogP contribution in [-0.2, 0) is 23.9 Å². The fraction of sp³-hybridized carbons (Fsp3) is 0.704. The summed E-state index contributed by atoms with van der Waals surface area (Å²) in [6.45, 7) is 4.54. The molecule has 0 aromatic heterocycles. The summed E-state index contributed by atoms with van der Waals surface area (Å²) in [5.74, 6) is -2.87. The Kier molecular flexibility index (Phi) is 7.03. The van der Waals surface area contributed by atoms with Crippen molar-refractivity contribution >= 4 is 23.7 Å². The number of unbranched alkanes of at least 4 members (excludes halogenated alkanes) is 1. The molecule has 0 radical (unpaired) electrons. The van der Waals surface area contributed by atoms with Gasteiger partial charge >= 0.3 is 12.1 Å². The van der Waals surface area contributed by atoms with Crippen LogP contribution in [0.3, 0.4) is 0 Å². The van der Waals surface area contributed by atoms with E-state index in [-0.39, 0.29) is 43.3 Å². The van der Waals surface area contributed by atoms with Gasteiger partial charge < -0.3 is 19.7 Å². The first-order valence-electron chi connectivity index (χ1n) is 12.8. The van der Waals surface area contributed by atoms with Crippen LogP contribution in [0.15, 0.2) is 23.8 Å². The summed E-state index contributed by atoms with van der Waals surface area (Å²) >= 11 is 0. The second kappa shape index (κ2) is 9.49. The number of carbonyl (C=O) groups is 4. The van der Waals surface area contributed by atoms with Crippen molar-refractivity contribution in [2.24, 2.45) is 28.6 Å². The van der Waals surface area contributed by atoms with Gasteiger partial charge in [-0.1, -0.05) is 33.3 Å². The molecule has 1 unspecified atom stereocenters. The van der Waals surface area contributed by atoms with Crippen LogP contribution < -0.4 is 0 Å². The summed E-state index contributed by atoms with van der Waals surface area (Å²) in [4.78, 5) is 49.8. The van der Waals surface area contributed by atoms with Crippen LogP contribution in [0.2, 0.25) is 0 Å². The molecule has 0 spiro atoms. The van der Waals surface area contributed by atoms with Gasteiger partial charge in [-0.2, -0.15) is 0 Å². The van der Waals surface area contributed by atoms with E-state index >= 15 is 4.39 Å². The highest BCUT2D eigenvalue weighted by Gasteiger charge is 2.71. The minimum absolute atomic E-state index is 0.0250. The quantitative estimate of drug-likeness (QED) is 0.415. The highest BCUT2D eigenvalue weighted by atomic mass is 19.1. The molecule has 3 saturated carbocycles. The molecular weight excluding hydrogens is 471 g/mol. The zero-order valence-corrected chi connectivity index (χ0v) is 21.0. The standard InChI is InChI=1S/C27H35FO8/c1-4-5-6-22(33)35-24(34)36-27(21(32)14-29)10-8-17-16-12-19(28)18-11-15(30)7-9-25(18,2)23(16)20(31)13-26(17,27)3/h7,9,11,16-17,19-20,23,29,31H,4-6,8,10,12-14H2,1-3H3/t16-,17-,19-,20?,23+,25-,26-,27-/m0/s1. The number of alkyl halides is 1. The topological polar surface area (TPSA) is 127 Å². The number of fused-ring (bicyclic) bond motifs is 5. The summed E-state index contributed by atoms with van der Waals surface area (Å²) in [5, 5.41) is 21.3. The number of aliphatic hydroxyl groups excluding tert-OH is 2. The van der Waals surface area contributed by atoms with E-state index in [2.05, 4.69) is 0 Å². The number of allylic oxidation sites excluding steroid dienone is 4. The Balaban J connectivity index is 1.67. The molecule has 198 valence electrons. The first kappa shape index (κ1) is 26.7. The van der Waals surface area contributed by atoms with Crippen molar-refractivity contribution in [1.29, 1.82) is 0 Å². The lowest BCUT2D eigenvalue weighted by atomic mass is 9.46. The van der Waals surface area contributed by atoms with E-state index in [0.717, 1.165) is 6.42 Å². The summed E-state index contributed by atoms with van der Waals surface area (Å²) < 4.78 is 25.9. The summed E-state index contributed by atoms with van der Waals surface area (Å²) in [7, 11) is 0. The van der Waals surface area contributed by atoms with Gasteiger partial charge in [0.2, 0.25) is 5.78 Å². The first-order valence-corrected chi connectivity index (χ1v) is 12.8. The first-order chi connectivity index (χ1) is 16.9. The van der Waals surface area contributed by atoms with Gasteiger partial charge in [-0.15, -0.1) is 0 Å². The molecule has 4 rings (SSSR count). The van der Waals surface area contributed by atoms with E-state index in [1.807, 2.05) is 13.8 Å². The number of aliphatic hydroxyl groups is 2. The second-order valence-corrected chi connectivity index (χ2v) is 11.2. The molecule has 36 heavy (non-hydrogen) atoms. The van der Waals surface area contributed by atoms with Gasteiger partial charge in [-0.25, -0.2) is 9.18 Å². The molecule has 4 aliphatic rings. The summed E-state index contributed by atoms with van der Waals surface area (Å²) in [6.07, 6.45) is 2.57. The van der Waals surface area contributed by atoms with Crippen molar-refractivity contribution in [3.8, 4) is 0 Å². The molecule has 8 atom stereocenters. The molecule has 9 heteroatoms. The third-order valence-corrected chi connectivity index (χ3v) is 9.38. The third-order valence-electron chi connectivity index (χ3n) is 9.38. The Hall–Kier alpha value is -2.39.